The maximum Gasteiger partial charge on any atom is 0.315 e. The molecule has 1 heterocycles. The van der Waals surface area contributed by atoms with Crippen LogP contribution in [-0.2, 0) is 4.79 Å². The molecule has 0 aromatic heterocycles. The van der Waals surface area contributed by atoms with Crippen molar-refractivity contribution in [1.82, 2.24) is 0 Å². The molecule has 0 fully saturated rings. The molecule has 3 rings (SSSR count). The van der Waals surface area contributed by atoms with E-state index in [-0.39, 0.29) is 0 Å². The zero-order chi connectivity index (χ0) is 12.7. The molecule has 0 radical (unpaired) electrons. The molecule has 1 unspecified atom stereocenters. The Morgan fingerprint density at radius 2 is 1.83 bits per heavy atom. The van der Waals surface area contributed by atoms with Gasteiger partial charge >= 0.3 is 5.97 Å². The van der Waals surface area contributed by atoms with E-state index in [1.807, 2.05) is 6.07 Å². The number of para-hydroxylation sites is 1. The smallest absolute Gasteiger partial charge is 0.315 e. The molecule has 18 heavy (non-hydrogen) atoms. The van der Waals surface area contributed by atoms with Crippen LogP contribution >= 0.6 is 11.6 Å². The summed E-state index contributed by atoms with van der Waals surface area (Å²) in [6.45, 7) is 0. The second kappa shape index (κ2) is 4.03. The summed E-state index contributed by atoms with van der Waals surface area (Å²) in [5, 5.41) is 9.85. The van der Waals surface area contributed by atoms with E-state index in [4.69, 9.17) is 16.3 Å². The third-order valence-electron chi connectivity index (χ3n) is 3.00. The Morgan fingerprint density at radius 1 is 1.11 bits per heavy atom. The van der Waals surface area contributed by atoms with Gasteiger partial charge in [0.2, 0.25) is 0 Å². The average Bonchev–Trinajstić information content (AvgIpc) is 2.36. The third kappa shape index (κ3) is 1.56. The lowest BCUT2D eigenvalue weighted by Gasteiger charge is -2.26. The van der Waals surface area contributed by atoms with Crippen LogP contribution in [0.1, 0.15) is 17.0 Å². The van der Waals surface area contributed by atoms with E-state index in [9.17, 15) is 9.90 Å². The molecule has 90 valence electrons. The van der Waals surface area contributed by atoms with E-state index in [1.54, 1.807) is 36.4 Å². The highest BCUT2D eigenvalue weighted by Crippen LogP contribution is 2.46. The summed E-state index contributed by atoms with van der Waals surface area (Å²) in [6, 6.07) is 12.3. The molecule has 2 aromatic carbocycles. The predicted molar refractivity (Wildman–Crippen MR) is 67.4 cm³/mol. The van der Waals surface area contributed by atoms with Gasteiger partial charge in [-0.15, -0.1) is 0 Å². The summed E-state index contributed by atoms with van der Waals surface area (Å²) in [6.07, 6.45) is 0. The van der Waals surface area contributed by atoms with Crippen LogP contribution in [-0.4, -0.2) is 11.1 Å². The Kier molecular flexibility index (Phi) is 2.49. The predicted octanol–water partition coefficient (Wildman–Crippen LogP) is 3.66. The number of aliphatic carboxylic acids is 1. The summed E-state index contributed by atoms with van der Waals surface area (Å²) < 4.78 is 5.69. The molecule has 1 atom stereocenters. The minimum atomic E-state index is -0.930. The van der Waals surface area contributed by atoms with Crippen molar-refractivity contribution in [3.63, 3.8) is 0 Å². The van der Waals surface area contributed by atoms with Crippen molar-refractivity contribution in [2.24, 2.45) is 0 Å². The highest BCUT2D eigenvalue weighted by molar-refractivity contribution is 6.32. The molecule has 1 N–H and O–H groups in total. The number of hydrogen-bond donors (Lipinski definition) is 1. The molecule has 0 saturated heterocycles. The lowest BCUT2D eigenvalue weighted by molar-refractivity contribution is -0.137. The van der Waals surface area contributed by atoms with Crippen LogP contribution in [0, 0.1) is 0 Å². The van der Waals surface area contributed by atoms with Gasteiger partial charge in [0.1, 0.15) is 17.4 Å². The van der Waals surface area contributed by atoms with E-state index in [0.717, 1.165) is 0 Å². The molecular formula is C14H9ClO3. The van der Waals surface area contributed by atoms with Crippen molar-refractivity contribution < 1.29 is 14.6 Å². The van der Waals surface area contributed by atoms with Crippen molar-refractivity contribution in [1.29, 1.82) is 0 Å². The third-order valence-corrected chi connectivity index (χ3v) is 3.33. The van der Waals surface area contributed by atoms with E-state index in [0.29, 0.717) is 27.6 Å². The van der Waals surface area contributed by atoms with Crippen LogP contribution in [0.3, 0.4) is 0 Å². The molecule has 1 aliphatic heterocycles. The van der Waals surface area contributed by atoms with Crippen LogP contribution in [0.4, 0.5) is 0 Å². The minimum Gasteiger partial charge on any atom is -0.481 e. The zero-order valence-corrected chi connectivity index (χ0v) is 10.0. The van der Waals surface area contributed by atoms with Gasteiger partial charge in [-0.2, -0.15) is 0 Å². The Hall–Kier alpha value is -2.00. The Labute approximate surface area is 109 Å². The van der Waals surface area contributed by atoms with Gasteiger partial charge in [-0.3, -0.25) is 4.79 Å². The average molecular weight is 261 g/mol. The summed E-state index contributed by atoms with van der Waals surface area (Å²) in [5.74, 6) is -0.632. The van der Waals surface area contributed by atoms with Crippen LogP contribution in [0.5, 0.6) is 11.5 Å². The van der Waals surface area contributed by atoms with Gasteiger partial charge in [0, 0.05) is 16.1 Å². The number of rotatable bonds is 1. The lowest BCUT2D eigenvalue weighted by atomic mass is 9.88. The number of hydrogen-bond acceptors (Lipinski definition) is 2. The van der Waals surface area contributed by atoms with Crippen molar-refractivity contribution in [3.8, 4) is 11.5 Å². The minimum absolute atomic E-state index is 0.411. The maximum atomic E-state index is 11.5. The summed E-state index contributed by atoms with van der Waals surface area (Å²) in [7, 11) is 0. The summed E-state index contributed by atoms with van der Waals surface area (Å²) >= 11 is 6.10. The molecule has 0 amide bonds. The molecule has 0 saturated carbocycles. The van der Waals surface area contributed by atoms with Crippen molar-refractivity contribution in [2.45, 2.75) is 5.92 Å². The van der Waals surface area contributed by atoms with E-state index in [2.05, 4.69) is 0 Å². The molecule has 3 nitrogen and oxygen atoms in total. The van der Waals surface area contributed by atoms with E-state index < -0.39 is 11.9 Å². The van der Waals surface area contributed by atoms with Crippen molar-refractivity contribution in [2.75, 3.05) is 0 Å². The Morgan fingerprint density at radius 3 is 2.61 bits per heavy atom. The number of benzene rings is 2. The Bertz CT molecular complexity index is 637. The first-order chi connectivity index (χ1) is 8.68. The fourth-order valence-corrected chi connectivity index (χ4v) is 2.50. The van der Waals surface area contributed by atoms with Gasteiger partial charge in [-0.1, -0.05) is 35.9 Å². The first kappa shape index (κ1) is 11.1. The standard InChI is InChI=1S/C14H9ClO3/c15-9-5-3-7-11-13(9)12(14(16)17)8-4-1-2-6-10(8)18-11/h1-7,12H,(H,16,17). The van der Waals surface area contributed by atoms with E-state index >= 15 is 0 Å². The van der Waals surface area contributed by atoms with Crippen LogP contribution in [0.15, 0.2) is 42.5 Å². The van der Waals surface area contributed by atoms with Crippen LogP contribution in [0.2, 0.25) is 5.02 Å². The summed E-state index contributed by atoms with van der Waals surface area (Å²) in [5.41, 5.74) is 1.15. The monoisotopic (exact) mass is 260 g/mol. The van der Waals surface area contributed by atoms with Crippen LogP contribution < -0.4 is 4.74 Å². The van der Waals surface area contributed by atoms with Gasteiger partial charge in [-0.25, -0.2) is 0 Å². The highest BCUT2D eigenvalue weighted by atomic mass is 35.5. The number of carbonyl (C=O) groups is 1. The van der Waals surface area contributed by atoms with Crippen LogP contribution in [0.25, 0.3) is 0 Å². The SMILES string of the molecule is O=C(O)C1c2ccccc2Oc2cccc(Cl)c21. The Balaban J connectivity index is 2.28. The van der Waals surface area contributed by atoms with E-state index in [1.165, 1.54) is 0 Å². The molecule has 1 aliphatic rings. The number of fused-ring (bicyclic) bond motifs is 2. The molecular weight excluding hydrogens is 252 g/mol. The molecule has 0 aliphatic carbocycles. The molecule has 2 aromatic rings. The topological polar surface area (TPSA) is 46.5 Å². The number of carboxylic acids is 1. The van der Waals surface area contributed by atoms with Gasteiger partial charge in [0.05, 0.1) is 0 Å². The molecule has 4 heteroatoms. The van der Waals surface area contributed by atoms with Gasteiger partial charge in [0.15, 0.2) is 0 Å². The largest absolute Gasteiger partial charge is 0.481 e. The maximum absolute atomic E-state index is 11.5. The first-order valence-corrected chi connectivity index (χ1v) is 5.84. The first-order valence-electron chi connectivity index (χ1n) is 5.46. The van der Waals surface area contributed by atoms with Gasteiger partial charge in [-0.05, 0) is 18.2 Å². The second-order valence-electron chi connectivity index (χ2n) is 4.06. The van der Waals surface area contributed by atoms with Crippen molar-refractivity contribution >= 4 is 17.6 Å². The summed E-state index contributed by atoms with van der Waals surface area (Å²) in [4.78, 5) is 11.5. The van der Waals surface area contributed by atoms with Crippen molar-refractivity contribution in [3.05, 3.63) is 58.6 Å². The number of halogens is 1. The second-order valence-corrected chi connectivity index (χ2v) is 4.47. The van der Waals surface area contributed by atoms with Gasteiger partial charge in [0.25, 0.3) is 0 Å². The fraction of sp³-hybridized carbons (Fsp3) is 0.0714. The van der Waals surface area contributed by atoms with Gasteiger partial charge < -0.3 is 9.84 Å². The number of carboxylic acid groups (broad SMARTS) is 1. The zero-order valence-electron chi connectivity index (χ0n) is 9.26. The molecule has 0 spiro atoms. The normalized spacial score (nSPS) is 16.4. The number of ether oxygens (including phenoxy) is 1. The lowest BCUT2D eigenvalue weighted by Crippen LogP contribution is -2.18. The quantitative estimate of drug-likeness (QED) is 0.851. The highest BCUT2D eigenvalue weighted by Gasteiger charge is 2.34. The fourth-order valence-electron chi connectivity index (χ4n) is 2.23. The molecule has 0 bridgehead atoms.